The predicted molar refractivity (Wildman–Crippen MR) is 112 cm³/mol. The van der Waals surface area contributed by atoms with Crippen LogP contribution in [0.15, 0.2) is 36.7 Å². The maximum atomic E-state index is 6.41. The highest BCUT2D eigenvalue weighted by molar-refractivity contribution is 6.32. The quantitative estimate of drug-likeness (QED) is 0.664. The van der Waals surface area contributed by atoms with E-state index in [0.29, 0.717) is 35.8 Å². The van der Waals surface area contributed by atoms with Crippen LogP contribution in [0.25, 0.3) is 0 Å². The van der Waals surface area contributed by atoms with Crippen LogP contribution in [-0.4, -0.2) is 31.3 Å². The third-order valence-corrected chi connectivity index (χ3v) is 4.40. The Bertz CT molecular complexity index is 683. The van der Waals surface area contributed by atoms with Crippen LogP contribution in [-0.2, 0) is 17.9 Å². The highest BCUT2D eigenvalue weighted by Gasteiger charge is 2.16. The number of hydrogen-bond donors (Lipinski definition) is 1. The molecule has 0 spiro atoms. The molecular weight excluding hydrogens is 411 g/mol. The molecule has 0 amide bonds. The van der Waals surface area contributed by atoms with E-state index in [1.165, 1.54) is 0 Å². The van der Waals surface area contributed by atoms with Gasteiger partial charge in [-0.25, -0.2) is 0 Å². The summed E-state index contributed by atoms with van der Waals surface area (Å²) < 4.78 is 16.9. The van der Waals surface area contributed by atoms with E-state index < -0.39 is 0 Å². The monoisotopic (exact) mass is 434 g/mol. The van der Waals surface area contributed by atoms with Crippen molar-refractivity contribution >= 4 is 36.4 Å². The second-order valence-electron chi connectivity index (χ2n) is 6.02. The van der Waals surface area contributed by atoms with Gasteiger partial charge in [-0.05, 0) is 36.6 Å². The summed E-state index contributed by atoms with van der Waals surface area (Å²) >= 11 is 6.41. The largest absolute Gasteiger partial charge is 0.493 e. The molecule has 0 bridgehead atoms. The molecule has 1 fully saturated rings. The Morgan fingerprint density at radius 3 is 2.81 bits per heavy atom. The second-order valence-corrected chi connectivity index (χ2v) is 6.43. The summed E-state index contributed by atoms with van der Waals surface area (Å²) in [6.45, 7) is 2.81. The van der Waals surface area contributed by atoms with Crippen LogP contribution in [0.2, 0.25) is 5.02 Å². The number of halogens is 3. The zero-order chi connectivity index (χ0) is 17.5. The fraction of sp³-hybridized carbons (Fsp3) is 0.421. The number of aromatic nitrogens is 1. The van der Waals surface area contributed by atoms with E-state index in [2.05, 4.69) is 10.3 Å². The highest BCUT2D eigenvalue weighted by Crippen LogP contribution is 2.37. The van der Waals surface area contributed by atoms with Gasteiger partial charge >= 0.3 is 0 Å². The van der Waals surface area contributed by atoms with Crippen molar-refractivity contribution in [1.29, 1.82) is 0 Å². The molecule has 0 saturated carbocycles. The molecule has 8 heteroatoms. The Hall–Kier alpha value is -1.24. The molecule has 1 atom stereocenters. The first-order valence-corrected chi connectivity index (χ1v) is 8.84. The standard InChI is InChI=1S/C19H23ClN2O3.2ClH/c1-23-18-9-15(11-22-12-16-5-3-7-24-16)8-17(20)19(18)25-13-14-4-2-6-21-10-14;;/h2,4,6,8-10,16,22H,3,5,7,11-13H2,1H3;2*1H. The van der Waals surface area contributed by atoms with Crippen molar-refractivity contribution in [3.63, 3.8) is 0 Å². The topological polar surface area (TPSA) is 52.6 Å². The number of ether oxygens (including phenoxy) is 3. The molecule has 150 valence electrons. The van der Waals surface area contributed by atoms with Gasteiger partial charge in [-0.1, -0.05) is 17.7 Å². The number of hydrogen-bond acceptors (Lipinski definition) is 5. The Balaban J connectivity index is 0.00000182. The van der Waals surface area contributed by atoms with Gasteiger partial charge in [0.15, 0.2) is 11.5 Å². The van der Waals surface area contributed by atoms with Crippen molar-refractivity contribution in [2.45, 2.75) is 32.1 Å². The summed E-state index contributed by atoms with van der Waals surface area (Å²) in [7, 11) is 1.62. The van der Waals surface area contributed by atoms with Crippen molar-refractivity contribution in [1.82, 2.24) is 10.3 Å². The molecule has 27 heavy (non-hydrogen) atoms. The van der Waals surface area contributed by atoms with Crippen molar-refractivity contribution in [3.05, 3.63) is 52.8 Å². The summed E-state index contributed by atoms with van der Waals surface area (Å²) in [4.78, 5) is 4.08. The normalized spacial score (nSPS) is 15.6. The minimum Gasteiger partial charge on any atom is -0.493 e. The van der Waals surface area contributed by atoms with Crippen LogP contribution in [0.3, 0.4) is 0 Å². The molecule has 2 heterocycles. The van der Waals surface area contributed by atoms with Crippen molar-refractivity contribution in [2.24, 2.45) is 0 Å². The summed E-state index contributed by atoms with van der Waals surface area (Å²) in [5, 5.41) is 3.95. The molecular formula is C19H25Cl3N2O3. The summed E-state index contributed by atoms with van der Waals surface area (Å²) in [5.74, 6) is 1.18. The van der Waals surface area contributed by atoms with Crippen LogP contribution in [0.1, 0.15) is 24.0 Å². The average Bonchev–Trinajstić information content (AvgIpc) is 3.15. The molecule has 3 rings (SSSR count). The van der Waals surface area contributed by atoms with Crippen molar-refractivity contribution in [2.75, 3.05) is 20.3 Å². The van der Waals surface area contributed by atoms with E-state index in [1.807, 2.05) is 24.3 Å². The summed E-state index contributed by atoms with van der Waals surface area (Å²) in [6.07, 6.45) is 6.09. The van der Waals surface area contributed by atoms with Gasteiger partial charge in [0.25, 0.3) is 0 Å². The van der Waals surface area contributed by atoms with E-state index in [0.717, 1.165) is 37.1 Å². The minimum absolute atomic E-state index is 0. The van der Waals surface area contributed by atoms with E-state index >= 15 is 0 Å². The third kappa shape index (κ3) is 7.01. The molecule has 1 aromatic carbocycles. The fourth-order valence-electron chi connectivity index (χ4n) is 2.84. The molecule has 1 saturated heterocycles. The smallest absolute Gasteiger partial charge is 0.180 e. The Morgan fingerprint density at radius 1 is 1.30 bits per heavy atom. The van der Waals surface area contributed by atoms with Gasteiger partial charge in [0.2, 0.25) is 0 Å². The Kier molecular flexibility index (Phi) is 10.8. The molecule has 1 aromatic heterocycles. The highest BCUT2D eigenvalue weighted by atomic mass is 35.5. The fourth-order valence-corrected chi connectivity index (χ4v) is 3.13. The second kappa shape index (κ2) is 12.3. The first kappa shape index (κ1) is 23.8. The lowest BCUT2D eigenvalue weighted by molar-refractivity contribution is 0.110. The molecule has 0 aliphatic carbocycles. The Morgan fingerprint density at radius 2 is 2.15 bits per heavy atom. The van der Waals surface area contributed by atoms with Gasteiger partial charge in [-0.3, -0.25) is 4.98 Å². The van der Waals surface area contributed by atoms with Gasteiger partial charge in [0.1, 0.15) is 6.61 Å². The number of nitrogens with one attached hydrogen (secondary N) is 1. The lowest BCUT2D eigenvalue weighted by Crippen LogP contribution is -2.25. The average molecular weight is 436 g/mol. The van der Waals surface area contributed by atoms with Crippen LogP contribution < -0.4 is 14.8 Å². The van der Waals surface area contributed by atoms with E-state index in [4.69, 9.17) is 25.8 Å². The van der Waals surface area contributed by atoms with E-state index in [1.54, 1.807) is 19.5 Å². The molecule has 1 aliphatic rings. The molecule has 1 N–H and O–H groups in total. The van der Waals surface area contributed by atoms with Crippen LogP contribution in [0.5, 0.6) is 11.5 Å². The number of benzene rings is 1. The van der Waals surface area contributed by atoms with E-state index in [-0.39, 0.29) is 24.8 Å². The first-order chi connectivity index (χ1) is 12.3. The number of methoxy groups -OCH3 is 1. The van der Waals surface area contributed by atoms with Crippen LogP contribution in [0, 0.1) is 0 Å². The van der Waals surface area contributed by atoms with Gasteiger partial charge in [0, 0.05) is 37.7 Å². The SMILES string of the molecule is COc1cc(CNCC2CCCO2)cc(Cl)c1OCc1cccnc1.Cl.Cl. The van der Waals surface area contributed by atoms with Crippen molar-refractivity contribution in [3.8, 4) is 11.5 Å². The molecule has 0 radical (unpaired) electrons. The lowest BCUT2D eigenvalue weighted by atomic mass is 10.2. The molecule has 5 nitrogen and oxygen atoms in total. The maximum absolute atomic E-state index is 6.41. The third-order valence-electron chi connectivity index (χ3n) is 4.12. The minimum atomic E-state index is 0. The van der Waals surface area contributed by atoms with E-state index in [9.17, 15) is 0 Å². The number of pyridine rings is 1. The van der Waals surface area contributed by atoms with Gasteiger partial charge < -0.3 is 19.5 Å². The zero-order valence-electron chi connectivity index (χ0n) is 15.2. The summed E-state index contributed by atoms with van der Waals surface area (Å²) in [6, 6.07) is 7.69. The lowest BCUT2D eigenvalue weighted by Gasteiger charge is -2.15. The molecule has 2 aromatic rings. The zero-order valence-corrected chi connectivity index (χ0v) is 17.5. The Labute approximate surface area is 177 Å². The first-order valence-electron chi connectivity index (χ1n) is 8.46. The van der Waals surface area contributed by atoms with Gasteiger partial charge in [0.05, 0.1) is 18.2 Å². The maximum Gasteiger partial charge on any atom is 0.180 e. The molecule has 1 aliphatic heterocycles. The van der Waals surface area contributed by atoms with Gasteiger partial charge in [-0.15, -0.1) is 24.8 Å². The van der Waals surface area contributed by atoms with Crippen LogP contribution >= 0.6 is 36.4 Å². The van der Waals surface area contributed by atoms with Gasteiger partial charge in [-0.2, -0.15) is 0 Å². The predicted octanol–water partition coefficient (Wildman–Crippen LogP) is 4.43. The van der Waals surface area contributed by atoms with Crippen molar-refractivity contribution < 1.29 is 14.2 Å². The van der Waals surface area contributed by atoms with Crippen LogP contribution in [0.4, 0.5) is 0 Å². The summed E-state index contributed by atoms with van der Waals surface area (Å²) in [5.41, 5.74) is 2.02. The molecule has 1 unspecified atom stereocenters. The number of nitrogens with zero attached hydrogens (tertiary/aromatic N) is 1. The number of rotatable bonds is 8.